The van der Waals surface area contributed by atoms with Crippen molar-refractivity contribution in [2.24, 2.45) is 0 Å². The van der Waals surface area contributed by atoms with Gasteiger partial charge >= 0.3 is 0 Å². The summed E-state index contributed by atoms with van der Waals surface area (Å²) in [7, 11) is 0.456. The normalized spacial score (nSPS) is 12.0. The van der Waals surface area contributed by atoms with Crippen molar-refractivity contribution in [1.29, 1.82) is 0 Å². The molecule has 108 valence electrons. The van der Waals surface area contributed by atoms with E-state index in [9.17, 15) is 8.42 Å². The van der Waals surface area contributed by atoms with E-state index in [2.05, 4.69) is 5.10 Å². The van der Waals surface area contributed by atoms with Gasteiger partial charge in [0.2, 0.25) is 9.84 Å². The van der Waals surface area contributed by atoms with E-state index in [0.29, 0.717) is 17.1 Å². The number of aromatic nitrogens is 2. The van der Waals surface area contributed by atoms with E-state index >= 15 is 0 Å². The zero-order valence-electron chi connectivity index (χ0n) is 11.9. The number of rotatable bonds is 5. The third-order valence-electron chi connectivity index (χ3n) is 3.02. The van der Waals surface area contributed by atoms with Gasteiger partial charge in [-0.05, 0) is 33.2 Å². The molecule has 0 aliphatic heterocycles. The van der Waals surface area contributed by atoms with Gasteiger partial charge in [0, 0.05) is 12.7 Å². The number of nitrogens with zero attached hydrogens (tertiary/aromatic N) is 3. The predicted molar refractivity (Wildman–Crippen MR) is 77.4 cm³/mol. The quantitative estimate of drug-likeness (QED) is 0.840. The van der Waals surface area contributed by atoms with Crippen LogP contribution in [-0.4, -0.2) is 43.7 Å². The van der Waals surface area contributed by atoms with Gasteiger partial charge < -0.3 is 4.90 Å². The molecule has 0 unspecified atom stereocenters. The molecule has 0 bridgehead atoms. The highest BCUT2D eigenvalue weighted by Gasteiger charge is 2.22. The largest absolute Gasteiger partial charge is 0.308 e. The molecule has 0 saturated heterocycles. The third kappa shape index (κ3) is 3.08. The monoisotopic (exact) mass is 293 g/mol. The molecule has 1 aromatic carbocycles. The summed E-state index contributed by atoms with van der Waals surface area (Å²) >= 11 is 0. The standard InChI is InChI=1S/C14H19N3O2S/c1-12-14(11-17(15-12)10-9-16(2)3)20(18,19)13-7-5-4-6-8-13/h4-8,11H,9-10H2,1-3H3. The van der Waals surface area contributed by atoms with Crippen LogP contribution in [-0.2, 0) is 16.4 Å². The summed E-state index contributed by atoms with van der Waals surface area (Å²) in [6.45, 7) is 3.20. The molecule has 0 N–H and O–H groups in total. The number of hydrogen-bond donors (Lipinski definition) is 0. The van der Waals surface area contributed by atoms with Crippen molar-refractivity contribution >= 4 is 9.84 Å². The molecule has 1 aromatic heterocycles. The molecule has 6 heteroatoms. The van der Waals surface area contributed by atoms with E-state index in [1.54, 1.807) is 48.1 Å². The van der Waals surface area contributed by atoms with Gasteiger partial charge in [-0.3, -0.25) is 4.68 Å². The summed E-state index contributed by atoms with van der Waals surface area (Å²) < 4.78 is 26.8. The van der Waals surface area contributed by atoms with Gasteiger partial charge in [-0.25, -0.2) is 8.42 Å². The van der Waals surface area contributed by atoms with Crippen LogP contribution in [0.3, 0.4) is 0 Å². The Balaban J connectivity index is 2.33. The molecule has 0 radical (unpaired) electrons. The molecular formula is C14H19N3O2S. The highest BCUT2D eigenvalue weighted by Crippen LogP contribution is 2.22. The maximum absolute atomic E-state index is 12.5. The van der Waals surface area contributed by atoms with Gasteiger partial charge in [0.25, 0.3) is 0 Å². The summed E-state index contributed by atoms with van der Waals surface area (Å²) in [5.74, 6) is 0. The van der Waals surface area contributed by atoms with Crippen molar-refractivity contribution in [1.82, 2.24) is 14.7 Å². The van der Waals surface area contributed by atoms with Crippen LogP contribution in [0.1, 0.15) is 5.69 Å². The Morgan fingerprint density at radius 1 is 1.20 bits per heavy atom. The average molecular weight is 293 g/mol. The Bertz CT molecular complexity index is 676. The Hall–Kier alpha value is -1.66. The maximum Gasteiger partial charge on any atom is 0.209 e. The fraction of sp³-hybridized carbons (Fsp3) is 0.357. The highest BCUT2D eigenvalue weighted by atomic mass is 32.2. The zero-order valence-corrected chi connectivity index (χ0v) is 12.8. The van der Waals surface area contributed by atoms with E-state index < -0.39 is 9.84 Å². The van der Waals surface area contributed by atoms with E-state index in [4.69, 9.17) is 0 Å². The van der Waals surface area contributed by atoms with Crippen LogP contribution in [0.2, 0.25) is 0 Å². The van der Waals surface area contributed by atoms with Crippen molar-refractivity contribution in [2.75, 3.05) is 20.6 Å². The minimum atomic E-state index is -3.48. The van der Waals surface area contributed by atoms with Crippen LogP contribution in [0.25, 0.3) is 0 Å². The van der Waals surface area contributed by atoms with Crippen molar-refractivity contribution in [3.05, 3.63) is 42.2 Å². The van der Waals surface area contributed by atoms with E-state index in [1.165, 1.54) is 0 Å². The first-order valence-electron chi connectivity index (χ1n) is 6.40. The Morgan fingerprint density at radius 2 is 1.85 bits per heavy atom. The van der Waals surface area contributed by atoms with Crippen LogP contribution in [0, 0.1) is 6.92 Å². The zero-order chi connectivity index (χ0) is 14.8. The lowest BCUT2D eigenvalue weighted by atomic mass is 10.4. The van der Waals surface area contributed by atoms with Gasteiger partial charge in [0.1, 0.15) is 4.90 Å². The second-order valence-corrected chi connectivity index (χ2v) is 6.88. The lowest BCUT2D eigenvalue weighted by Crippen LogP contribution is -2.18. The molecule has 2 rings (SSSR count). The SMILES string of the molecule is Cc1nn(CCN(C)C)cc1S(=O)(=O)c1ccccc1. The molecule has 0 saturated carbocycles. The van der Waals surface area contributed by atoms with Crippen molar-refractivity contribution in [3.63, 3.8) is 0 Å². The Kier molecular flexibility index (Phi) is 4.25. The molecule has 0 amide bonds. The average Bonchev–Trinajstić information content (AvgIpc) is 2.79. The molecule has 0 fully saturated rings. The predicted octanol–water partition coefficient (Wildman–Crippen LogP) is 1.59. The number of benzene rings is 1. The molecule has 20 heavy (non-hydrogen) atoms. The summed E-state index contributed by atoms with van der Waals surface area (Å²) in [5, 5.41) is 4.29. The second-order valence-electron chi connectivity index (χ2n) is 4.96. The van der Waals surface area contributed by atoms with Gasteiger partial charge in [0.15, 0.2) is 0 Å². The van der Waals surface area contributed by atoms with E-state index in [-0.39, 0.29) is 4.90 Å². The molecular weight excluding hydrogens is 274 g/mol. The van der Waals surface area contributed by atoms with Gasteiger partial charge in [-0.15, -0.1) is 0 Å². The van der Waals surface area contributed by atoms with Crippen LogP contribution in [0.15, 0.2) is 46.3 Å². The van der Waals surface area contributed by atoms with Crippen LogP contribution >= 0.6 is 0 Å². The summed E-state index contributed by atoms with van der Waals surface area (Å²) in [6, 6.07) is 8.45. The Labute approximate surface area is 119 Å². The minimum absolute atomic E-state index is 0.280. The molecule has 1 heterocycles. The summed E-state index contributed by atoms with van der Waals surface area (Å²) in [5.41, 5.74) is 0.535. The third-order valence-corrected chi connectivity index (χ3v) is 4.89. The van der Waals surface area contributed by atoms with E-state index in [0.717, 1.165) is 6.54 Å². The van der Waals surface area contributed by atoms with Crippen LogP contribution < -0.4 is 0 Å². The summed E-state index contributed by atoms with van der Waals surface area (Å²) in [4.78, 5) is 2.61. The van der Waals surface area contributed by atoms with Crippen molar-refractivity contribution in [3.8, 4) is 0 Å². The number of likely N-dealkylation sites (N-methyl/N-ethyl adjacent to an activating group) is 1. The minimum Gasteiger partial charge on any atom is -0.308 e. The smallest absolute Gasteiger partial charge is 0.209 e. The molecule has 0 aliphatic rings. The lowest BCUT2D eigenvalue weighted by Gasteiger charge is -2.08. The number of aryl methyl sites for hydroxylation is 1. The Morgan fingerprint density at radius 3 is 2.45 bits per heavy atom. The number of sulfone groups is 1. The molecule has 0 aliphatic carbocycles. The van der Waals surface area contributed by atoms with Gasteiger partial charge in [0.05, 0.1) is 17.1 Å². The van der Waals surface area contributed by atoms with Gasteiger partial charge in [-0.1, -0.05) is 18.2 Å². The molecule has 2 aromatic rings. The fourth-order valence-corrected chi connectivity index (χ4v) is 3.37. The topological polar surface area (TPSA) is 55.2 Å². The first kappa shape index (κ1) is 14.7. The van der Waals surface area contributed by atoms with Crippen molar-refractivity contribution < 1.29 is 8.42 Å². The van der Waals surface area contributed by atoms with Crippen molar-refractivity contribution in [2.45, 2.75) is 23.3 Å². The highest BCUT2D eigenvalue weighted by molar-refractivity contribution is 7.91. The van der Waals surface area contributed by atoms with E-state index in [1.807, 2.05) is 19.0 Å². The number of hydrogen-bond acceptors (Lipinski definition) is 4. The first-order valence-corrected chi connectivity index (χ1v) is 7.88. The van der Waals surface area contributed by atoms with Crippen LogP contribution in [0.4, 0.5) is 0 Å². The summed E-state index contributed by atoms with van der Waals surface area (Å²) in [6.07, 6.45) is 1.61. The molecule has 0 spiro atoms. The van der Waals surface area contributed by atoms with Crippen LogP contribution in [0.5, 0.6) is 0 Å². The lowest BCUT2D eigenvalue weighted by molar-refractivity contribution is 0.372. The first-order chi connectivity index (χ1) is 9.41. The fourth-order valence-electron chi connectivity index (χ4n) is 1.91. The van der Waals surface area contributed by atoms with Gasteiger partial charge in [-0.2, -0.15) is 5.10 Å². The second kappa shape index (κ2) is 5.76. The maximum atomic E-state index is 12.5. The molecule has 5 nitrogen and oxygen atoms in total. The molecule has 0 atom stereocenters.